The first-order chi connectivity index (χ1) is 13.4. The van der Waals surface area contributed by atoms with Crippen molar-refractivity contribution >= 4 is 28.2 Å². The van der Waals surface area contributed by atoms with Crippen molar-refractivity contribution in [1.82, 2.24) is 24.3 Å². The molecule has 0 saturated heterocycles. The average molecular weight is 379 g/mol. The van der Waals surface area contributed by atoms with E-state index in [9.17, 15) is 0 Å². The Bertz CT molecular complexity index is 1100. The van der Waals surface area contributed by atoms with E-state index in [-0.39, 0.29) is 6.61 Å². The first-order valence-corrected chi connectivity index (χ1v) is 9.00. The second kappa shape index (κ2) is 8.10. The second-order valence-corrected chi connectivity index (χ2v) is 6.50. The molecule has 1 aromatic carbocycles. The van der Waals surface area contributed by atoms with Crippen LogP contribution in [0.15, 0.2) is 43.0 Å². The lowest BCUT2D eigenvalue weighted by atomic mass is 10.2. The number of benzene rings is 1. The Labute approximate surface area is 163 Å². The van der Waals surface area contributed by atoms with E-state index in [4.69, 9.17) is 15.8 Å². The monoisotopic (exact) mass is 379 g/mol. The van der Waals surface area contributed by atoms with Crippen molar-refractivity contribution in [2.45, 2.75) is 20.8 Å². The third-order valence-corrected chi connectivity index (χ3v) is 4.16. The van der Waals surface area contributed by atoms with Crippen LogP contribution in [0, 0.1) is 13.8 Å². The number of nitrogen functional groups attached to an aromatic ring is 1. The van der Waals surface area contributed by atoms with Gasteiger partial charge in [0.05, 0.1) is 17.4 Å². The summed E-state index contributed by atoms with van der Waals surface area (Å²) in [6, 6.07) is 5.92. The highest BCUT2D eigenvalue weighted by atomic mass is 16.2. The second-order valence-electron chi connectivity index (χ2n) is 6.50. The summed E-state index contributed by atoms with van der Waals surface area (Å²) in [7, 11) is 1.87. The molecule has 28 heavy (non-hydrogen) atoms. The molecule has 8 heteroatoms. The van der Waals surface area contributed by atoms with Gasteiger partial charge >= 0.3 is 0 Å². The van der Waals surface area contributed by atoms with E-state index < -0.39 is 0 Å². The Kier molecular flexibility index (Phi) is 5.60. The molecule has 8 nitrogen and oxygen atoms in total. The number of anilines is 3. The number of hydrogen-bond acceptors (Lipinski definition) is 6. The van der Waals surface area contributed by atoms with Crippen LogP contribution in [0.3, 0.4) is 0 Å². The molecule has 0 bridgehead atoms. The van der Waals surface area contributed by atoms with Gasteiger partial charge in [-0.1, -0.05) is 0 Å². The Morgan fingerprint density at radius 2 is 1.89 bits per heavy atom. The normalized spacial score (nSPS) is 10.6. The van der Waals surface area contributed by atoms with Gasteiger partial charge in [-0.05, 0) is 44.5 Å². The van der Waals surface area contributed by atoms with Gasteiger partial charge in [0.2, 0.25) is 5.95 Å². The molecule has 0 aliphatic rings. The number of fused-ring (bicyclic) bond motifs is 1. The highest BCUT2D eigenvalue weighted by Crippen LogP contribution is 2.27. The topological polar surface area (TPSA) is 107 Å². The number of rotatable bonds is 3. The standard InChI is InChI=1S/C18H19N7.C2H6O/c1-11-7-20-18(22-14-8-21-24(3)10-14)23-17(11)25-9-12(2)15-6-13(19)4-5-16(15)25;1-2-3/h4-10H,19H2,1-3H3,(H,20,22,23);3H,2H2,1H3. The molecule has 0 aliphatic heterocycles. The Hall–Kier alpha value is -3.39. The molecule has 3 heterocycles. The smallest absolute Gasteiger partial charge is 0.229 e. The quantitative estimate of drug-likeness (QED) is 0.472. The molecule has 146 valence electrons. The lowest BCUT2D eigenvalue weighted by Crippen LogP contribution is -2.04. The van der Waals surface area contributed by atoms with Crippen LogP contribution in [0.5, 0.6) is 0 Å². The van der Waals surface area contributed by atoms with E-state index in [2.05, 4.69) is 33.1 Å². The zero-order valence-electron chi connectivity index (χ0n) is 16.5. The maximum atomic E-state index is 7.57. The molecular weight excluding hydrogens is 354 g/mol. The number of nitrogens with one attached hydrogen (secondary N) is 1. The van der Waals surface area contributed by atoms with Crippen LogP contribution >= 0.6 is 0 Å². The fourth-order valence-electron chi connectivity index (χ4n) is 2.94. The van der Waals surface area contributed by atoms with Crippen LogP contribution in [0.4, 0.5) is 17.3 Å². The van der Waals surface area contributed by atoms with Gasteiger partial charge in [0, 0.05) is 48.9 Å². The molecule has 3 aromatic heterocycles. The summed E-state index contributed by atoms with van der Waals surface area (Å²) in [6.45, 7) is 6.01. The predicted molar refractivity (Wildman–Crippen MR) is 112 cm³/mol. The third kappa shape index (κ3) is 3.96. The number of nitrogens with two attached hydrogens (primary N) is 1. The molecule has 0 unspecified atom stereocenters. The van der Waals surface area contributed by atoms with Gasteiger partial charge in [-0.25, -0.2) is 4.98 Å². The maximum absolute atomic E-state index is 7.57. The van der Waals surface area contributed by atoms with E-state index in [0.29, 0.717) is 5.95 Å². The van der Waals surface area contributed by atoms with E-state index >= 15 is 0 Å². The number of hydrogen-bond donors (Lipinski definition) is 3. The minimum Gasteiger partial charge on any atom is -0.399 e. The van der Waals surface area contributed by atoms with Gasteiger partial charge in [0.25, 0.3) is 0 Å². The van der Waals surface area contributed by atoms with Gasteiger partial charge in [0.1, 0.15) is 5.82 Å². The SMILES string of the molecule is CCO.Cc1cnc(Nc2cnn(C)c2)nc1-n1cc(C)c2cc(N)ccc21. The number of aliphatic hydroxyl groups excluding tert-OH is 1. The lowest BCUT2D eigenvalue weighted by molar-refractivity contribution is 0.318. The third-order valence-electron chi connectivity index (χ3n) is 4.16. The van der Waals surface area contributed by atoms with Crippen molar-refractivity contribution < 1.29 is 5.11 Å². The Morgan fingerprint density at radius 3 is 2.57 bits per heavy atom. The maximum Gasteiger partial charge on any atom is 0.229 e. The molecule has 0 aliphatic carbocycles. The summed E-state index contributed by atoms with van der Waals surface area (Å²) in [5.41, 5.74) is 10.7. The van der Waals surface area contributed by atoms with Crippen LogP contribution in [-0.4, -0.2) is 36.0 Å². The molecule has 4 N–H and O–H groups in total. The molecule has 4 aromatic rings. The summed E-state index contributed by atoms with van der Waals surface area (Å²) in [5, 5.41) is 16.0. The molecular formula is C20H25N7O. The number of aryl methyl sites for hydroxylation is 3. The van der Waals surface area contributed by atoms with E-state index in [1.807, 2.05) is 44.6 Å². The van der Waals surface area contributed by atoms with Gasteiger partial charge in [-0.3, -0.25) is 4.68 Å². The fraction of sp³-hybridized carbons (Fsp3) is 0.250. The Balaban J connectivity index is 0.000000706. The van der Waals surface area contributed by atoms with Crippen LogP contribution in [0.25, 0.3) is 16.7 Å². The summed E-state index contributed by atoms with van der Waals surface area (Å²) < 4.78 is 3.81. The molecule has 0 radical (unpaired) electrons. The molecule has 4 rings (SSSR count). The summed E-state index contributed by atoms with van der Waals surface area (Å²) >= 11 is 0. The van der Waals surface area contributed by atoms with Gasteiger partial charge in [-0.15, -0.1) is 0 Å². The van der Waals surface area contributed by atoms with Crippen LogP contribution in [0.1, 0.15) is 18.1 Å². The minimum absolute atomic E-state index is 0.250. The highest BCUT2D eigenvalue weighted by molar-refractivity contribution is 5.88. The molecule has 0 fully saturated rings. The molecule has 0 saturated carbocycles. The Morgan fingerprint density at radius 1 is 1.14 bits per heavy atom. The van der Waals surface area contributed by atoms with Crippen LogP contribution in [0.2, 0.25) is 0 Å². The van der Waals surface area contributed by atoms with Crippen molar-refractivity contribution in [2.24, 2.45) is 7.05 Å². The van der Waals surface area contributed by atoms with E-state index in [0.717, 1.165) is 39.2 Å². The largest absolute Gasteiger partial charge is 0.399 e. The minimum atomic E-state index is 0.250. The summed E-state index contributed by atoms with van der Waals surface area (Å²) in [6.07, 6.45) is 7.51. The van der Waals surface area contributed by atoms with Crippen molar-refractivity contribution in [3.8, 4) is 5.82 Å². The van der Waals surface area contributed by atoms with E-state index in [1.165, 1.54) is 0 Å². The van der Waals surface area contributed by atoms with Crippen molar-refractivity contribution in [3.63, 3.8) is 0 Å². The van der Waals surface area contributed by atoms with Crippen molar-refractivity contribution in [1.29, 1.82) is 0 Å². The van der Waals surface area contributed by atoms with Gasteiger partial charge < -0.3 is 20.7 Å². The number of nitrogens with zero attached hydrogens (tertiary/aromatic N) is 5. The molecule has 0 atom stereocenters. The summed E-state index contributed by atoms with van der Waals surface area (Å²) in [5.74, 6) is 1.37. The predicted octanol–water partition coefficient (Wildman–Crippen LogP) is 3.10. The zero-order chi connectivity index (χ0) is 20.3. The highest BCUT2D eigenvalue weighted by Gasteiger charge is 2.12. The molecule has 0 spiro atoms. The summed E-state index contributed by atoms with van der Waals surface area (Å²) in [4.78, 5) is 9.08. The zero-order valence-corrected chi connectivity index (χ0v) is 16.5. The van der Waals surface area contributed by atoms with Gasteiger partial charge in [-0.2, -0.15) is 10.1 Å². The number of aromatic nitrogens is 5. The van der Waals surface area contributed by atoms with E-state index in [1.54, 1.807) is 17.8 Å². The van der Waals surface area contributed by atoms with Gasteiger partial charge in [0.15, 0.2) is 0 Å². The van der Waals surface area contributed by atoms with Crippen LogP contribution in [-0.2, 0) is 7.05 Å². The molecule has 0 amide bonds. The van der Waals surface area contributed by atoms with Crippen LogP contribution < -0.4 is 11.1 Å². The fourth-order valence-corrected chi connectivity index (χ4v) is 2.94. The van der Waals surface area contributed by atoms with Crippen molar-refractivity contribution in [2.75, 3.05) is 17.7 Å². The number of aliphatic hydroxyl groups is 1. The van der Waals surface area contributed by atoms with Crippen molar-refractivity contribution in [3.05, 3.63) is 54.1 Å². The first kappa shape index (κ1) is 19.4. The first-order valence-electron chi connectivity index (χ1n) is 9.00. The average Bonchev–Trinajstić information content (AvgIpc) is 3.20. The lowest BCUT2D eigenvalue weighted by Gasteiger charge is -2.10.